The Morgan fingerprint density at radius 3 is 1.20 bits per heavy atom. The Hall–Kier alpha value is 0.223. The van der Waals surface area contributed by atoms with E-state index in [1.165, 1.54) is 0 Å². The summed E-state index contributed by atoms with van der Waals surface area (Å²) in [6, 6.07) is 0. The van der Waals surface area contributed by atoms with Crippen LogP contribution in [0.25, 0.3) is 0 Å². The first-order chi connectivity index (χ1) is 1.91. The number of carbonyl (C=O) groups is 2. The van der Waals surface area contributed by atoms with Crippen LogP contribution in [0.1, 0.15) is 0 Å². The van der Waals surface area contributed by atoms with Gasteiger partial charge in [0, 0.05) is 26.2 Å². The molecule has 0 aliphatic rings. The maximum Gasteiger partial charge on any atom is 0.182 e. The SMILES string of the molecule is O=CC=O.[Zr]. The van der Waals surface area contributed by atoms with Crippen LogP contribution in [-0.2, 0) is 35.8 Å². The summed E-state index contributed by atoms with van der Waals surface area (Å²) in [6.07, 6.45) is 0.389. The topological polar surface area (TPSA) is 34.1 Å². The van der Waals surface area contributed by atoms with Crippen LogP contribution in [0.2, 0.25) is 0 Å². The molecule has 2 nitrogen and oxygen atoms in total. The molecule has 0 aromatic heterocycles. The predicted octanol–water partition coefficient (Wildman–Crippen LogP) is -0.618. The number of hydrogen-bond acceptors (Lipinski definition) is 2. The molecule has 0 radical (unpaired) electrons. The molecule has 0 spiro atoms. The van der Waals surface area contributed by atoms with E-state index in [1.54, 1.807) is 0 Å². The van der Waals surface area contributed by atoms with Crippen molar-refractivity contribution in [1.29, 1.82) is 0 Å². The van der Waals surface area contributed by atoms with Gasteiger partial charge in [-0.15, -0.1) is 0 Å². The monoisotopic (exact) mass is 148 g/mol. The fourth-order valence-corrected chi connectivity index (χ4v) is 0. The molecule has 0 N–H and O–H groups in total. The van der Waals surface area contributed by atoms with E-state index in [1.807, 2.05) is 0 Å². The van der Waals surface area contributed by atoms with Gasteiger partial charge in [0.2, 0.25) is 0 Å². The van der Waals surface area contributed by atoms with Crippen molar-refractivity contribution >= 4 is 12.6 Å². The molecule has 5 heavy (non-hydrogen) atoms. The third-order valence-corrected chi connectivity index (χ3v) is 0.0556. The third kappa shape index (κ3) is 14.0. The Balaban J connectivity index is 0. The summed E-state index contributed by atoms with van der Waals surface area (Å²) >= 11 is 0. The first kappa shape index (κ1) is 8.97. The quantitative estimate of drug-likeness (QED) is 0.368. The van der Waals surface area contributed by atoms with Crippen LogP contribution < -0.4 is 0 Å². The van der Waals surface area contributed by atoms with Gasteiger partial charge in [-0.3, -0.25) is 9.59 Å². The normalized spacial score (nSPS) is 4.00. The van der Waals surface area contributed by atoms with Crippen molar-refractivity contribution in [3.05, 3.63) is 0 Å². The van der Waals surface area contributed by atoms with E-state index in [0.717, 1.165) is 0 Å². The van der Waals surface area contributed by atoms with Crippen LogP contribution >= 0.6 is 0 Å². The van der Waals surface area contributed by atoms with Gasteiger partial charge in [-0.05, 0) is 0 Å². The Bertz CT molecular complexity index is 28.6. The minimum absolute atomic E-state index is 0. The van der Waals surface area contributed by atoms with Crippen molar-refractivity contribution in [3.8, 4) is 0 Å². The van der Waals surface area contributed by atoms with Gasteiger partial charge >= 0.3 is 0 Å². The van der Waals surface area contributed by atoms with Gasteiger partial charge in [-0.1, -0.05) is 0 Å². The Kier molecular flexibility index (Phi) is 15.9. The summed E-state index contributed by atoms with van der Waals surface area (Å²) in [5.41, 5.74) is 0. The maximum absolute atomic E-state index is 8.81. The molecule has 0 rings (SSSR count). The fourth-order valence-electron chi connectivity index (χ4n) is 0. The fraction of sp³-hybridized carbons (Fsp3) is 0. The summed E-state index contributed by atoms with van der Waals surface area (Å²) in [5, 5.41) is 0. The van der Waals surface area contributed by atoms with Gasteiger partial charge in [0.05, 0.1) is 0 Å². The number of hydrogen-bond donors (Lipinski definition) is 0. The molecule has 0 aliphatic heterocycles. The van der Waals surface area contributed by atoms with Crippen LogP contribution in [-0.4, -0.2) is 12.6 Å². The Morgan fingerprint density at radius 1 is 1.00 bits per heavy atom. The van der Waals surface area contributed by atoms with E-state index in [0.29, 0.717) is 0 Å². The van der Waals surface area contributed by atoms with Crippen LogP contribution in [0, 0.1) is 0 Å². The number of carbonyl (C=O) groups excluding carboxylic acids is 2. The van der Waals surface area contributed by atoms with E-state index >= 15 is 0 Å². The van der Waals surface area contributed by atoms with E-state index in [2.05, 4.69) is 0 Å². The van der Waals surface area contributed by atoms with E-state index < -0.39 is 0 Å². The van der Waals surface area contributed by atoms with Crippen molar-refractivity contribution in [2.75, 3.05) is 0 Å². The molecule has 0 fully saturated rings. The van der Waals surface area contributed by atoms with Crippen LogP contribution in [0.3, 0.4) is 0 Å². The van der Waals surface area contributed by atoms with Crippen LogP contribution in [0.5, 0.6) is 0 Å². The second-order valence-electron chi connectivity index (χ2n) is 0.272. The van der Waals surface area contributed by atoms with E-state index in [-0.39, 0.29) is 38.8 Å². The third-order valence-electron chi connectivity index (χ3n) is 0.0556. The molecular weight excluding hydrogens is 147 g/mol. The van der Waals surface area contributed by atoms with Crippen molar-refractivity contribution in [2.45, 2.75) is 0 Å². The summed E-state index contributed by atoms with van der Waals surface area (Å²) in [5.74, 6) is 0. The number of aldehydes is 2. The summed E-state index contributed by atoms with van der Waals surface area (Å²) in [7, 11) is 0. The van der Waals surface area contributed by atoms with Gasteiger partial charge in [-0.25, -0.2) is 0 Å². The molecule has 3 heteroatoms. The van der Waals surface area contributed by atoms with E-state index in [4.69, 9.17) is 9.59 Å². The minimum Gasteiger partial charge on any atom is -0.295 e. The molecule has 0 atom stereocenters. The van der Waals surface area contributed by atoms with Crippen molar-refractivity contribution in [3.63, 3.8) is 0 Å². The van der Waals surface area contributed by atoms with Gasteiger partial charge < -0.3 is 0 Å². The molecule has 0 aromatic carbocycles. The molecule has 0 bridgehead atoms. The predicted molar refractivity (Wildman–Crippen MR) is 12.1 cm³/mol. The first-order valence-electron chi connectivity index (χ1n) is 0.805. The first-order valence-corrected chi connectivity index (χ1v) is 0.805. The van der Waals surface area contributed by atoms with Crippen LogP contribution in [0.4, 0.5) is 0 Å². The molecular formula is C2H2O2Zr. The van der Waals surface area contributed by atoms with E-state index in [9.17, 15) is 0 Å². The van der Waals surface area contributed by atoms with Gasteiger partial charge in [0.15, 0.2) is 12.6 Å². The standard InChI is InChI=1S/C2H2O2.Zr/c3-1-2-4;/h1-2H;. The summed E-state index contributed by atoms with van der Waals surface area (Å²) in [6.45, 7) is 0. The van der Waals surface area contributed by atoms with Gasteiger partial charge in [-0.2, -0.15) is 0 Å². The van der Waals surface area contributed by atoms with Crippen LogP contribution in [0.15, 0.2) is 0 Å². The zero-order chi connectivity index (χ0) is 3.41. The summed E-state index contributed by atoms with van der Waals surface area (Å²) < 4.78 is 0. The molecule has 0 saturated carbocycles. The molecule has 0 unspecified atom stereocenters. The molecule has 26 valence electrons. The zero-order valence-electron chi connectivity index (χ0n) is 2.47. The average molecular weight is 149 g/mol. The van der Waals surface area contributed by atoms with Crippen molar-refractivity contribution in [2.24, 2.45) is 0 Å². The molecule has 0 amide bonds. The second-order valence-corrected chi connectivity index (χ2v) is 0.272. The Labute approximate surface area is 48.7 Å². The maximum atomic E-state index is 8.81. The van der Waals surface area contributed by atoms with Gasteiger partial charge in [0.25, 0.3) is 0 Å². The molecule has 0 aliphatic carbocycles. The Morgan fingerprint density at radius 2 is 1.20 bits per heavy atom. The largest absolute Gasteiger partial charge is 0.295 e. The van der Waals surface area contributed by atoms with Gasteiger partial charge in [0.1, 0.15) is 0 Å². The number of rotatable bonds is 1. The summed E-state index contributed by atoms with van der Waals surface area (Å²) in [4.78, 5) is 17.6. The molecule has 0 saturated heterocycles. The average Bonchev–Trinajstić information content (AvgIpc) is 1.37. The minimum atomic E-state index is 0. The van der Waals surface area contributed by atoms with Crippen molar-refractivity contribution < 1.29 is 35.8 Å². The zero-order valence-corrected chi connectivity index (χ0v) is 4.93. The molecule has 0 aromatic rings. The smallest absolute Gasteiger partial charge is 0.182 e. The molecule has 0 heterocycles. The second kappa shape index (κ2) is 8.88. The van der Waals surface area contributed by atoms with Crippen molar-refractivity contribution in [1.82, 2.24) is 0 Å².